The van der Waals surface area contributed by atoms with Crippen molar-refractivity contribution in [3.8, 4) is 5.75 Å². The van der Waals surface area contributed by atoms with Crippen LogP contribution >= 0.6 is 50.1 Å². The molecule has 0 aliphatic carbocycles. The van der Waals surface area contributed by atoms with Crippen LogP contribution in [-0.2, 0) is 0 Å². The molecule has 2 rings (SSSR count). The molecule has 0 radical (unpaired) electrons. The molecule has 0 fully saturated rings. The van der Waals surface area contributed by atoms with E-state index < -0.39 is 0 Å². The minimum atomic E-state index is -0.253. The fourth-order valence-electron chi connectivity index (χ4n) is 2.22. The van der Waals surface area contributed by atoms with Crippen LogP contribution in [0.3, 0.4) is 0 Å². The van der Waals surface area contributed by atoms with Crippen LogP contribution in [0.4, 0.5) is 4.39 Å². The van der Waals surface area contributed by atoms with Crippen molar-refractivity contribution in [2.45, 2.75) is 6.04 Å². The molecule has 1 N–H and O–H groups in total. The van der Waals surface area contributed by atoms with E-state index in [1.807, 2.05) is 13.1 Å². The van der Waals surface area contributed by atoms with Gasteiger partial charge >= 0.3 is 0 Å². The maximum atomic E-state index is 13.3. The van der Waals surface area contributed by atoms with Crippen molar-refractivity contribution in [2.75, 3.05) is 14.2 Å². The first-order valence-corrected chi connectivity index (χ1v) is 8.38. The van der Waals surface area contributed by atoms with Gasteiger partial charge < -0.3 is 10.1 Å². The van der Waals surface area contributed by atoms with E-state index in [1.165, 1.54) is 12.1 Å². The third-order valence-electron chi connectivity index (χ3n) is 3.11. The Morgan fingerprint density at radius 3 is 2.57 bits per heavy atom. The van der Waals surface area contributed by atoms with Gasteiger partial charge in [0.2, 0.25) is 0 Å². The second-order valence-corrected chi connectivity index (χ2v) is 6.85. The fourth-order valence-corrected chi connectivity index (χ4v) is 4.01. The van der Waals surface area contributed by atoms with Gasteiger partial charge in [0.15, 0.2) is 0 Å². The molecular weight excluding hydrogens is 471 g/mol. The second kappa shape index (κ2) is 7.26. The molecule has 1 atom stereocenters. The Labute approximate surface area is 150 Å². The lowest BCUT2D eigenvalue weighted by Gasteiger charge is -2.22. The number of hydrogen-bond acceptors (Lipinski definition) is 2. The topological polar surface area (TPSA) is 21.3 Å². The molecule has 0 saturated heterocycles. The van der Waals surface area contributed by atoms with Crippen LogP contribution in [-0.4, -0.2) is 14.2 Å². The number of hydrogen-bond donors (Lipinski definition) is 1. The second-order valence-electron chi connectivity index (χ2n) is 4.40. The van der Waals surface area contributed by atoms with E-state index in [0.29, 0.717) is 10.8 Å². The van der Waals surface area contributed by atoms with E-state index >= 15 is 0 Å². The molecule has 2 aromatic rings. The van der Waals surface area contributed by atoms with Gasteiger partial charge in [-0.05, 0) is 75.4 Å². The molecule has 112 valence electrons. The molecule has 2 nitrogen and oxygen atoms in total. The molecule has 0 spiro atoms. The quantitative estimate of drug-likeness (QED) is 0.605. The number of halogens is 4. The molecule has 0 aromatic heterocycles. The molecule has 0 aliphatic rings. The molecule has 6 heteroatoms. The van der Waals surface area contributed by atoms with Gasteiger partial charge in [0, 0.05) is 14.2 Å². The van der Waals surface area contributed by atoms with E-state index in [0.717, 1.165) is 19.2 Å². The van der Waals surface area contributed by atoms with Crippen molar-refractivity contribution in [1.29, 1.82) is 0 Å². The minimum absolute atomic E-state index is 0.151. The first kappa shape index (κ1) is 17.0. The summed E-state index contributed by atoms with van der Waals surface area (Å²) in [7, 11) is 3.46. The van der Waals surface area contributed by atoms with Crippen molar-refractivity contribution < 1.29 is 9.13 Å². The standard InChI is InChI=1S/C15H13BrClFINO/c1-20-14(10-4-3-9(18)7-13(10)19)11-5-8(17)6-12(16)15(11)21-2/h3-7,14,20H,1-2H3. The summed E-state index contributed by atoms with van der Waals surface area (Å²) in [5, 5.41) is 3.84. The summed E-state index contributed by atoms with van der Waals surface area (Å²) in [4.78, 5) is 0. The highest BCUT2D eigenvalue weighted by molar-refractivity contribution is 14.1. The van der Waals surface area contributed by atoms with Gasteiger partial charge in [0.05, 0.1) is 17.6 Å². The summed E-state index contributed by atoms with van der Waals surface area (Å²) >= 11 is 11.7. The van der Waals surface area contributed by atoms with Crippen LogP contribution < -0.4 is 10.1 Å². The SMILES string of the molecule is CNC(c1ccc(F)cc1I)c1cc(Cl)cc(Br)c1OC. The Kier molecular flexibility index (Phi) is 5.88. The normalized spacial score (nSPS) is 12.3. The van der Waals surface area contributed by atoms with Crippen molar-refractivity contribution in [1.82, 2.24) is 5.32 Å². The van der Waals surface area contributed by atoms with Crippen LogP contribution in [0.1, 0.15) is 17.2 Å². The molecule has 21 heavy (non-hydrogen) atoms. The molecule has 0 amide bonds. The van der Waals surface area contributed by atoms with Crippen LogP contribution in [0.25, 0.3) is 0 Å². The Hall–Kier alpha value is -0.370. The Morgan fingerprint density at radius 2 is 2.00 bits per heavy atom. The number of methoxy groups -OCH3 is 1. The number of rotatable bonds is 4. The van der Waals surface area contributed by atoms with Crippen molar-refractivity contribution in [3.63, 3.8) is 0 Å². The summed E-state index contributed by atoms with van der Waals surface area (Å²) in [6, 6.07) is 8.22. The van der Waals surface area contributed by atoms with Crippen LogP contribution in [0.5, 0.6) is 5.75 Å². The van der Waals surface area contributed by atoms with Crippen LogP contribution in [0.2, 0.25) is 5.02 Å². The molecule has 0 saturated carbocycles. The summed E-state index contributed by atoms with van der Waals surface area (Å²) in [6.07, 6.45) is 0. The summed E-state index contributed by atoms with van der Waals surface area (Å²) in [6.45, 7) is 0. The molecule has 0 heterocycles. The predicted molar refractivity (Wildman–Crippen MR) is 95.7 cm³/mol. The van der Waals surface area contributed by atoms with Gasteiger partial charge in [-0.15, -0.1) is 0 Å². The lowest BCUT2D eigenvalue weighted by Crippen LogP contribution is -2.19. The Morgan fingerprint density at radius 1 is 1.29 bits per heavy atom. The van der Waals surface area contributed by atoms with E-state index in [1.54, 1.807) is 19.2 Å². The van der Waals surface area contributed by atoms with Crippen LogP contribution in [0, 0.1) is 9.39 Å². The zero-order chi connectivity index (χ0) is 15.6. The zero-order valence-electron chi connectivity index (χ0n) is 11.4. The molecule has 2 aromatic carbocycles. The maximum absolute atomic E-state index is 13.3. The third kappa shape index (κ3) is 3.70. The smallest absolute Gasteiger partial charge is 0.138 e. The first-order valence-electron chi connectivity index (χ1n) is 6.13. The minimum Gasteiger partial charge on any atom is -0.495 e. The average Bonchev–Trinajstić information content (AvgIpc) is 2.41. The third-order valence-corrected chi connectivity index (χ3v) is 4.86. The lowest BCUT2D eigenvalue weighted by molar-refractivity contribution is 0.402. The van der Waals surface area contributed by atoms with Crippen molar-refractivity contribution >= 4 is 50.1 Å². The summed E-state index contributed by atoms with van der Waals surface area (Å²) in [5.41, 5.74) is 1.86. The monoisotopic (exact) mass is 483 g/mol. The van der Waals surface area contributed by atoms with E-state index in [2.05, 4.69) is 43.8 Å². The van der Waals surface area contributed by atoms with Gasteiger partial charge in [-0.25, -0.2) is 4.39 Å². The van der Waals surface area contributed by atoms with Gasteiger partial charge in [0.1, 0.15) is 11.6 Å². The Bertz CT molecular complexity index is 668. The molecular formula is C15H13BrClFINO. The molecule has 0 aliphatic heterocycles. The number of ether oxygens (including phenoxy) is 1. The highest BCUT2D eigenvalue weighted by atomic mass is 127. The van der Waals surface area contributed by atoms with E-state index in [9.17, 15) is 4.39 Å². The summed E-state index contributed by atoms with van der Waals surface area (Å²) < 4.78 is 20.4. The zero-order valence-corrected chi connectivity index (χ0v) is 15.9. The highest BCUT2D eigenvalue weighted by Gasteiger charge is 2.21. The lowest BCUT2D eigenvalue weighted by atomic mass is 9.98. The average molecular weight is 485 g/mol. The number of nitrogens with one attached hydrogen (secondary N) is 1. The van der Waals surface area contributed by atoms with E-state index in [-0.39, 0.29) is 11.9 Å². The Balaban J connectivity index is 2.61. The maximum Gasteiger partial charge on any atom is 0.138 e. The van der Waals surface area contributed by atoms with Gasteiger partial charge in [-0.3, -0.25) is 0 Å². The van der Waals surface area contributed by atoms with Crippen molar-refractivity contribution in [3.05, 3.63) is 60.3 Å². The van der Waals surface area contributed by atoms with Gasteiger partial charge in [-0.1, -0.05) is 17.7 Å². The highest BCUT2D eigenvalue weighted by Crippen LogP contribution is 2.39. The van der Waals surface area contributed by atoms with Gasteiger partial charge in [0.25, 0.3) is 0 Å². The largest absolute Gasteiger partial charge is 0.495 e. The van der Waals surface area contributed by atoms with Gasteiger partial charge in [-0.2, -0.15) is 0 Å². The first-order chi connectivity index (χ1) is 9.97. The molecule has 0 bridgehead atoms. The predicted octanol–water partition coefficient (Wildman–Crippen LogP) is 5.16. The fraction of sp³-hybridized carbons (Fsp3) is 0.200. The van der Waals surface area contributed by atoms with E-state index in [4.69, 9.17) is 16.3 Å². The number of benzene rings is 2. The van der Waals surface area contributed by atoms with Crippen molar-refractivity contribution in [2.24, 2.45) is 0 Å². The molecule has 1 unspecified atom stereocenters. The summed E-state index contributed by atoms with van der Waals surface area (Å²) in [5.74, 6) is 0.455. The van der Waals surface area contributed by atoms with Crippen LogP contribution in [0.15, 0.2) is 34.8 Å².